The maximum Gasteiger partial charge on any atom is 0.0620 e. The van der Waals surface area contributed by atoms with Crippen LogP contribution in [0.3, 0.4) is 0 Å². The van der Waals surface area contributed by atoms with Gasteiger partial charge in [0, 0.05) is 44.3 Å². The minimum Gasteiger partial charge on any atom is -0.309 e. The molecule has 0 N–H and O–H groups in total. The molecule has 0 aliphatic rings. The first-order chi connectivity index (χ1) is 23.9. The SMILES string of the molecule is CC.CC.Cc1ccc(N(c2ccccc2)c2c3ccc(C)cc3c(N(c3ccccc3)c3ccc(C)cc3)c3cc(C)c(C)cc23)cc1. The van der Waals surface area contributed by atoms with Crippen molar-refractivity contribution in [3.63, 3.8) is 0 Å². The monoisotopic (exact) mass is 642 g/mol. The fourth-order valence-electron chi connectivity index (χ4n) is 6.40. The third kappa shape index (κ3) is 7.10. The van der Waals surface area contributed by atoms with Gasteiger partial charge in [0.15, 0.2) is 0 Å². The summed E-state index contributed by atoms with van der Waals surface area (Å²) in [6, 6.07) is 51.1. The first-order valence-corrected chi connectivity index (χ1v) is 17.7. The molecule has 0 bridgehead atoms. The highest BCUT2D eigenvalue weighted by atomic mass is 15.2. The van der Waals surface area contributed by atoms with E-state index in [9.17, 15) is 0 Å². The van der Waals surface area contributed by atoms with Gasteiger partial charge in [-0.2, -0.15) is 0 Å². The van der Waals surface area contributed by atoms with Gasteiger partial charge in [-0.15, -0.1) is 0 Å². The topological polar surface area (TPSA) is 6.48 Å². The molecule has 0 saturated heterocycles. The summed E-state index contributed by atoms with van der Waals surface area (Å²) in [5.41, 5.74) is 13.2. The highest BCUT2D eigenvalue weighted by Gasteiger charge is 2.26. The molecular weight excluding hydrogens is 593 g/mol. The summed E-state index contributed by atoms with van der Waals surface area (Å²) in [7, 11) is 0. The fourth-order valence-corrected chi connectivity index (χ4v) is 6.40. The Hall–Kier alpha value is -5.34. The standard InChI is InChI=1S/C43H38N2.2C2H6/c1-29-16-21-36(22-17-29)44(34-12-8-6-9-13-34)42-38-25-20-31(3)26-39(38)43(41-28-33(5)32(4)27-40(41)42)45(35-14-10-7-11-15-35)37-23-18-30(2)19-24-37;2*1-2/h6-28H,1-5H3;2*1-2H3. The third-order valence-electron chi connectivity index (χ3n) is 8.89. The van der Waals surface area contributed by atoms with Gasteiger partial charge in [0.1, 0.15) is 0 Å². The van der Waals surface area contributed by atoms with Crippen LogP contribution in [-0.4, -0.2) is 0 Å². The summed E-state index contributed by atoms with van der Waals surface area (Å²) in [5, 5.41) is 4.88. The molecular formula is C47H50N2. The highest BCUT2D eigenvalue weighted by Crippen LogP contribution is 2.51. The van der Waals surface area contributed by atoms with Gasteiger partial charge >= 0.3 is 0 Å². The molecule has 2 heteroatoms. The molecule has 0 aliphatic heterocycles. The van der Waals surface area contributed by atoms with Crippen molar-refractivity contribution in [3.05, 3.63) is 167 Å². The summed E-state index contributed by atoms with van der Waals surface area (Å²) in [4.78, 5) is 4.89. The zero-order chi connectivity index (χ0) is 35.1. The molecule has 7 aromatic carbocycles. The molecule has 0 radical (unpaired) electrons. The molecule has 0 fully saturated rings. The first kappa shape index (κ1) is 35.0. The molecule has 0 aromatic heterocycles. The van der Waals surface area contributed by atoms with Gasteiger partial charge in [0.2, 0.25) is 0 Å². The van der Waals surface area contributed by atoms with E-state index in [0.29, 0.717) is 0 Å². The van der Waals surface area contributed by atoms with E-state index >= 15 is 0 Å². The minimum atomic E-state index is 1.13. The molecule has 248 valence electrons. The van der Waals surface area contributed by atoms with Crippen LogP contribution in [0.25, 0.3) is 21.5 Å². The minimum absolute atomic E-state index is 1.13. The Morgan fingerprint density at radius 3 is 1.04 bits per heavy atom. The molecule has 0 amide bonds. The lowest BCUT2D eigenvalue weighted by molar-refractivity contribution is 1.28. The highest BCUT2D eigenvalue weighted by molar-refractivity contribution is 6.23. The average Bonchev–Trinajstić information content (AvgIpc) is 3.14. The Kier molecular flexibility index (Phi) is 11.2. The average molecular weight is 643 g/mol. The first-order valence-electron chi connectivity index (χ1n) is 17.7. The molecule has 0 unspecified atom stereocenters. The Labute approximate surface area is 294 Å². The van der Waals surface area contributed by atoms with E-state index in [2.05, 4.69) is 184 Å². The molecule has 0 heterocycles. The van der Waals surface area contributed by atoms with Crippen LogP contribution in [0.4, 0.5) is 34.1 Å². The van der Waals surface area contributed by atoms with Crippen molar-refractivity contribution >= 4 is 55.7 Å². The van der Waals surface area contributed by atoms with Gasteiger partial charge in [0.05, 0.1) is 11.4 Å². The van der Waals surface area contributed by atoms with E-state index in [-0.39, 0.29) is 0 Å². The van der Waals surface area contributed by atoms with E-state index in [1.807, 2.05) is 27.7 Å². The quantitative estimate of drug-likeness (QED) is 0.132. The van der Waals surface area contributed by atoms with Crippen molar-refractivity contribution in [1.82, 2.24) is 0 Å². The Morgan fingerprint density at radius 2 is 0.633 bits per heavy atom. The number of hydrogen-bond donors (Lipinski definition) is 0. The molecule has 2 nitrogen and oxygen atoms in total. The molecule has 49 heavy (non-hydrogen) atoms. The van der Waals surface area contributed by atoms with Crippen molar-refractivity contribution in [1.29, 1.82) is 0 Å². The zero-order valence-electron chi connectivity index (χ0n) is 30.7. The Balaban J connectivity index is 0.00000113. The number of aryl methyl sites for hydroxylation is 5. The number of nitrogens with zero attached hydrogens (tertiary/aromatic N) is 2. The Morgan fingerprint density at radius 1 is 0.306 bits per heavy atom. The van der Waals surface area contributed by atoms with Gasteiger partial charge in [-0.25, -0.2) is 0 Å². The molecule has 0 atom stereocenters. The number of fused-ring (bicyclic) bond motifs is 2. The third-order valence-corrected chi connectivity index (χ3v) is 8.89. The fraction of sp³-hybridized carbons (Fsp3) is 0.191. The van der Waals surface area contributed by atoms with Crippen molar-refractivity contribution < 1.29 is 0 Å². The van der Waals surface area contributed by atoms with Crippen molar-refractivity contribution in [2.45, 2.75) is 62.3 Å². The van der Waals surface area contributed by atoms with Gasteiger partial charge in [0.25, 0.3) is 0 Å². The van der Waals surface area contributed by atoms with Gasteiger partial charge in [-0.05, 0) is 112 Å². The Bertz CT molecular complexity index is 2130. The van der Waals surface area contributed by atoms with Crippen LogP contribution in [0, 0.1) is 34.6 Å². The second-order valence-corrected chi connectivity index (χ2v) is 12.2. The van der Waals surface area contributed by atoms with Crippen LogP contribution >= 0.6 is 0 Å². The molecule has 7 aromatic rings. The summed E-state index contributed by atoms with van der Waals surface area (Å²) in [6.07, 6.45) is 0. The summed E-state index contributed by atoms with van der Waals surface area (Å²) < 4.78 is 0. The van der Waals surface area contributed by atoms with Crippen LogP contribution < -0.4 is 9.80 Å². The van der Waals surface area contributed by atoms with Crippen molar-refractivity contribution in [2.24, 2.45) is 0 Å². The lowest BCUT2D eigenvalue weighted by atomic mass is 9.92. The largest absolute Gasteiger partial charge is 0.309 e. The number of rotatable bonds is 6. The molecule has 0 aliphatic carbocycles. The van der Waals surface area contributed by atoms with E-state index in [1.165, 1.54) is 60.7 Å². The van der Waals surface area contributed by atoms with E-state index in [1.54, 1.807) is 0 Å². The maximum absolute atomic E-state index is 2.45. The lowest BCUT2D eigenvalue weighted by Gasteiger charge is -2.33. The van der Waals surface area contributed by atoms with Crippen LogP contribution in [0.15, 0.2) is 140 Å². The predicted octanol–water partition coefficient (Wildman–Crippen LogP) is 14.5. The van der Waals surface area contributed by atoms with Crippen LogP contribution in [-0.2, 0) is 0 Å². The molecule has 0 spiro atoms. The van der Waals surface area contributed by atoms with Crippen LogP contribution in [0.1, 0.15) is 55.5 Å². The lowest BCUT2D eigenvalue weighted by Crippen LogP contribution is -2.15. The number of hydrogen-bond acceptors (Lipinski definition) is 2. The van der Waals surface area contributed by atoms with Crippen LogP contribution in [0.2, 0.25) is 0 Å². The molecule has 7 rings (SSSR count). The van der Waals surface area contributed by atoms with Gasteiger partial charge < -0.3 is 9.80 Å². The van der Waals surface area contributed by atoms with E-state index < -0.39 is 0 Å². The second kappa shape index (κ2) is 15.7. The van der Waals surface area contributed by atoms with Gasteiger partial charge in [-0.1, -0.05) is 117 Å². The van der Waals surface area contributed by atoms with Gasteiger partial charge in [-0.3, -0.25) is 0 Å². The van der Waals surface area contributed by atoms with E-state index in [4.69, 9.17) is 0 Å². The smallest absolute Gasteiger partial charge is 0.0620 e. The number of benzene rings is 7. The summed E-state index contributed by atoms with van der Waals surface area (Å²) >= 11 is 0. The zero-order valence-corrected chi connectivity index (χ0v) is 30.7. The van der Waals surface area contributed by atoms with Crippen molar-refractivity contribution in [3.8, 4) is 0 Å². The maximum atomic E-state index is 2.45. The normalized spacial score (nSPS) is 10.6. The van der Waals surface area contributed by atoms with Crippen LogP contribution in [0.5, 0.6) is 0 Å². The number of anilines is 6. The number of para-hydroxylation sites is 2. The van der Waals surface area contributed by atoms with E-state index in [0.717, 1.165) is 22.7 Å². The predicted molar refractivity (Wildman–Crippen MR) is 217 cm³/mol. The molecule has 0 saturated carbocycles. The summed E-state index contributed by atoms with van der Waals surface area (Å²) in [5.74, 6) is 0. The van der Waals surface area contributed by atoms with Crippen molar-refractivity contribution in [2.75, 3.05) is 9.80 Å². The summed E-state index contributed by atoms with van der Waals surface area (Å²) in [6.45, 7) is 18.9. The second-order valence-electron chi connectivity index (χ2n) is 12.2.